The molecule has 3 rings (SSSR count). The number of rotatable bonds is 3. The molecule has 1 aromatic heterocycles. The van der Waals surface area contributed by atoms with Gasteiger partial charge in [-0.3, -0.25) is 0 Å². The molecule has 1 aromatic carbocycles. The minimum absolute atomic E-state index is 0.262. The van der Waals surface area contributed by atoms with E-state index in [0.29, 0.717) is 11.7 Å². The van der Waals surface area contributed by atoms with E-state index in [1.165, 1.54) is 5.69 Å². The maximum atomic E-state index is 9.29. The van der Waals surface area contributed by atoms with Crippen molar-refractivity contribution in [3.05, 3.63) is 47.5 Å². The summed E-state index contributed by atoms with van der Waals surface area (Å²) in [5, 5.41) is 18.5. The highest BCUT2D eigenvalue weighted by atomic mass is 16.3. The summed E-state index contributed by atoms with van der Waals surface area (Å²) in [7, 11) is 0. The Kier molecular flexibility index (Phi) is 3.25. The number of nitrogens with zero attached hydrogens (tertiary/aromatic N) is 2. The monoisotopic (exact) mass is 258 g/mol. The van der Waals surface area contributed by atoms with Crippen molar-refractivity contribution in [2.24, 2.45) is 5.92 Å². The Morgan fingerprint density at radius 3 is 2.79 bits per heavy atom. The Bertz CT molecular complexity index is 560. The van der Waals surface area contributed by atoms with Gasteiger partial charge in [-0.1, -0.05) is 12.1 Å². The highest BCUT2D eigenvalue weighted by molar-refractivity contribution is 5.28. The molecule has 1 unspecified atom stereocenters. The summed E-state index contributed by atoms with van der Waals surface area (Å²) in [6, 6.07) is 7.26. The lowest BCUT2D eigenvalue weighted by Gasteiger charge is -2.23. The molecule has 0 aliphatic carbocycles. The summed E-state index contributed by atoms with van der Waals surface area (Å²) in [6.45, 7) is 1.20. The molecule has 0 fully saturated rings. The fourth-order valence-corrected chi connectivity index (χ4v) is 2.69. The third-order valence-corrected chi connectivity index (χ3v) is 3.84. The van der Waals surface area contributed by atoms with E-state index in [1.807, 2.05) is 18.3 Å². The van der Waals surface area contributed by atoms with Gasteiger partial charge in [-0.25, -0.2) is 4.98 Å². The third-order valence-electron chi connectivity index (χ3n) is 3.84. The molecule has 2 heterocycles. The summed E-state index contributed by atoms with van der Waals surface area (Å²) >= 11 is 0. The molecule has 0 saturated carbocycles. The summed E-state index contributed by atoms with van der Waals surface area (Å²) in [6.07, 6.45) is 4.64. The minimum Gasteiger partial charge on any atom is -0.508 e. The Balaban J connectivity index is 1.80. The number of imidazole rings is 1. The smallest absolute Gasteiger partial charge is 0.115 e. The number of benzene rings is 1. The fraction of sp³-hybridized carbons (Fsp3) is 0.400. The van der Waals surface area contributed by atoms with Crippen molar-refractivity contribution in [3.63, 3.8) is 0 Å². The SMILES string of the molecule is OCC1CCn2c(cnc2Cc2ccc(O)cc2)C1. The zero-order chi connectivity index (χ0) is 13.2. The van der Waals surface area contributed by atoms with Gasteiger partial charge in [0.2, 0.25) is 0 Å². The highest BCUT2D eigenvalue weighted by Gasteiger charge is 2.20. The van der Waals surface area contributed by atoms with Crippen LogP contribution < -0.4 is 0 Å². The second kappa shape index (κ2) is 5.05. The topological polar surface area (TPSA) is 58.3 Å². The number of phenols is 1. The Hall–Kier alpha value is -1.81. The normalized spacial score (nSPS) is 18.3. The van der Waals surface area contributed by atoms with Gasteiger partial charge in [-0.15, -0.1) is 0 Å². The molecule has 0 bridgehead atoms. The first-order valence-electron chi connectivity index (χ1n) is 6.68. The quantitative estimate of drug-likeness (QED) is 0.881. The van der Waals surface area contributed by atoms with E-state index in [4.69, 9.17) is 0 Å². The molecule has 1 aliphatic rings. The molecule has 1 atom stereocenters. The van der Waals surface area contributed by atoms with Gasteiger partial charge in [0.1, 0.15) is 11.6 Å². The van der Waals surface area contributed by atoms with Gasteiger partial charge < -0.3 is 14.8 Å². The van der Waals surface area contributed by atoms with Crippen LogP contribution in [0.25, 0.3) is 0 Å². The minimum atomic E-state index is 0.262. The van der Waals surface area contributed by atoms with Crippen LogP contribution in [0.3, 0.4) is 0 Å². The molecule has 0 spiro atoms. The molecule has 0 amide bonds. The molecule has 2 N–H and O–H groups in total. The van der Waals surface area contributed by atoms with Crippen LogP contribution in [-0.4, -0.2) is 26.4 Å². The van der Waals surface area contributed by atoms with Crippen LogP contribution in [-0.2, 0) is 19.4 Å². The average Bonchev–Trinajstić information content (AvgIpc) is 2.83. The van der Waals surface area contributed by atoms with Gasteiger partial charge in [-0.2, -0.15) is 0 Å². The predicted molar refractivity (Wildman–Crippen MR) is 72.0 cm³/mol. The summed E-state index contributed by atoms with van der Waals surface area (Å²) in [4.78, 5) is 4.50. The van der Waals surface area contributed by atoms with Gasteiger partial charge in [0.05, 0.1) is 0 Å². The second-order valence-electron chi connectivity index (χ2n) is 5.20. The van der Waals surface area contributed by atoms with Gasteiger partial charge in [-0.05, 0) is 36.5 Å². The van der Waals surface area contributed by atoms with Crippen LogP contribution in [0.2, 0.25) is 0 Å². The van der Waals surface area contributed by atoms with E-state index in [-0.39, 0.29) is 6.61 Å². The summed E-state index contributed by atoms with van der Waals surface area (Å²) in [5.74, 6) is 1.74. The number of aromatic hydroxyl groups is 1. The van der Waals surface area contributed by atoms with E-state index in [1.54, 1.807) is 12.1 Å². The highest BCUT2D eigenvalue weighted by Crippen LogP contribution is 2.23. The van der Waals surface area contributed by atoms with Crippen molar-refractivity contribution in [2.45, 2.75) is 25.8 Å². The fourth-order valence-electron chi connectivity index (χ4n) is 2.69. The van der Waals surface area contributed by atoms with Crippen LogP contribution in [0.15, 0.2) is 30.5 Å². The van der Waals surface area contributed by atoms with Crippen LogP contribution in [0.5, 0.6) is 5.75 Å². The standard InChI is InChI=1S/C15H18N2O2/c18-10-12-5-6-17-13(7-12)9-16-15(17)8-11-1-3-14(19)4-2-11/h1-4,9,12,18-19H,5-8,10H2. The van der Waals surface area contributed by atoms with Crippen molar-refractivity contribution < 1.29 is 10.2 Å². The lowest BCUT2D eigenvalue weighted by atomic mass is 9.97. The van der Waals surface area contributed by atoms with Gasteiger partial charge in [0, 0.05) is 31.5 Å². The molecule has 4 nitrogen and oxygen atoms in total. The van der Waals surface area contributed by atoms with Crippen molar-refractivity contribution >= 4 is 0 Å². The van der Waals surface area contributed by atoms with Crippen molar-refractivity contribution in [2.75, 3.05) is 6.61 Å². The van der Waals surface area contributed by atoms with Gasteiger partial charge >= 0.3 is 0 Å². The Morgan fingerprint density at radius 1 is 1.26 bits per heavy atom. The molecular weight excluding hydrogens is 240 g/mol. The van der Waals surface area contributed by atoms with Crippen molar-refractivity contribution in [1.29, 1.82) is 0 Å². The Morgan fingerprint density at radius 2 is 2.05 bits per heavy atom. The van der Waals surface area contributed by atoms with Gasteiger partial charge in [0.25, 0.3) is 0 Å². The van der Waals surface area contributed by atoms with E-state index < -0.39 is 0 Å². The molecular formula is C15H18N2O2. The van der Waals surface area contributed by atoms with E-state index in [9.17, 15) is 10.2 Å². The van der Waals surface area contributed by atoms with E-state index in [2.05, 4.69) is 9.55 Å². The van der Waals surface area contributed by atoms with Crippen LogP contribution in [0, 0.1) is 5.92 Å². The molecule has 0 radical (unpaired) electrons. The lowest BCUT2D eigenvalue weighted by Crippen LogP contribution is -2.22. The zero-order valence-electron chi connectivity index (χ0n) is 10.8. The van der Waals surface area contributed by atoms with E-state index >= 15 is 0 Å². The number of hydrogen-bond donors (Lipinski definition) is 2. The summed E-state index contributed by atoms with van der Waals surface area (Å²) < 4.78 is 2.26. The lowest BCUT2D eigenvalue weighted by molar-refractivity contribution is 0.200. The molecule has 0 saturated heterocycles. The number of hydrogen-bond acceptors (Lipinski definition) is 3. The maximum Gasteiger partial charge on any atom is 0.115 e. The third kappa shape index (κ3) is 2.49. The average molecular weight is 258 g/mol. The van der Waals surface area contributed by atoms with Gasteiger partial charge in [0.15, 0.2) is 0 Å². The van der Waals surface area contributed by atoms with Crippen LogP contribution >= 0.6 is 0 Å². The first-order chi connectivity index (χ1) is 9.26. The van der Waals surface area contributed by atoms with Crippen molar-refractivity contribution in [1.82, 2.24) is 9.55 Å². The first-order valence-corrected chi connectivity index (χ1v) is 6.68. The zero-order valence-corrected chi connectivity index (χ0v) is 10.8. The molecule has 4 heteroatoms. The van der Waals surface area contributed by atoms with Crippen LogP contribution in [0.1, 0.15) is 23.5 Å². The second-order valence-corrected chi connectivity index (χ2v) is 5.20. The first kappa shape index (κ1) is 12.2. The van der Waals surface area contributed by atoms with E-state index in [0.717, 1.165) is 37.2 Å². The number of aliphatic hydroxyl groups is 1. The van der Waals surface area contributed by atoms with Crippen LogP contribution in [0.4, 0.5) is 0 Å². The molecule has 1 aliphatic heterocycles. The largest absolute Gasteiger partial charge is 0.508 e. The number of phenolic OH excluding ortho intramolecular Hbond substituents is 1. The Labute approximate surface area is 112 Å². The number of fused-ring (bicyclic) bond motifs is 1. The summed E-state index contributed by atoms with van der Waals surface area (Å²) in [5.41, 5.74) is 2.37. The number of aliphatic hydroxyl groups excluding tert-OH is 1. The molecule has 2 aromatic rings. The molecule has 19 heavy (non-hydrogen) atoms. The van der Waals surface area contributed by atoms with Crippen molar-refractivity contribution in [3.8, 4) is 5.75 Å². The molecule has 100 valence electrons. The predicted octanol–water partition coefficient (Wildman–Crippen LogP) is 1.73. The number of aromatic nitrogens is 2. The maximum absolute atomic E-state index is 9.29.